The Morgan fingerprint density at radius 2 is 1.91 bits per heavy atom. The molecule has 0 saturated carbocycles. The molecular formula is C17H17Cl2NO3. The van der Waals surface area contributed by atoms with E-state index in [1.54, 1.807) is 49.6 Å². The quantitative estimate of drug-likeness (QED) is 0.836. The van der Waals surface area contributed by atoms with E-state index in [4.69, 9.17) is 27.9 Å². The minimum Gasteiger partial charge on any atom is -0.497 e. The van der Waals surface area contributed by atoms with Crippen LogP contribution >= 0.6 is 23.2 Å². The zero-order valence-corrected chi connectivity index (χ0v) is 14.1. The first-order chi connectivity index (χ1) is 11.0. The number of carbonyl (C=O) groups excluding carboxylic acids is 1. The van der Waals surface area contributed by atoms with Crippen LogP contribution in [0, 0.1) is 0 Å². The molecule has 4 nitrogen and oxygen atoms in total. The van der Waals surface area contributed by atoms with Crippen LogP contribution in [-0.2, 0) is 11.2 Å². The van der Waals surface area contributed by atoms with Gasteiger partial charge in [0, 0.05) is 16.6 Å². The molecule has 0 bridgehead atoms. The van der Waals surface area contributed by atoms with Gasteiger partial charge in [0.25, 0.3) is 0 Å². The molecular weight excluding hydrogens is 337 g/mol. The van der Waals surface area contributed by atoms with Gasteiger partial charge >= 0.3 is 0 Å². The van der Waals surface area contributed by atoms with Crippen molar-refractivity contribution in [2.75, 3.05) is 13.7 Å². The fourth-order valence-electron chi connectivity index (χ4n) is 2.05. The van der Waals surface area contributed by atoms with Crippen molar-refractivity contribution in [2.45, 2.75) is 12.5 Å². The summed E-state index contributed by atoms with van der Waals surface area (Å²) in [6, 6.07) is 12.0. The Balaban J connectivity index is 1.87. The van der Waals surface area contributed by atoms with Gasteiger partial charge in [-0.1, -0.05) is 41.4 Å². The van der Waals surface area contributed by atoms with Crippen LogP contribution in [0.5, 0.6) is 5.75 Å². The largest absolute Gasteiger partial charge is 0.497 e. The van der Waals surface area contributed by atoms with Crippen molar-refractivity contribution in [2.24, 2.45) is 0 Å². The molecule has 0 aliphatic rings. The number of aliphatic hydroxyl groups excluding tert-OH is 1. The molecule has 0 radical (unpaired) electrons. The fraction of sp³-hybridized carbons (Fsp3) is 0.235. The van der Waals surface area contributed by atoms with Crippen molar-refractivity contribution >= 4 is 29.1 Å². The first-order valence-electron chi connectivity index (χ1n) is 7.02. The summed E-state index contributed by atoms with van der Waals surface area (Å²) in [5.74, 6) is 0.490. The molecule has 0 aromatic heterocycles. The van der Waals surface area contributed by atoms with Crippen LogP contribution in [0.1, 0.15) is 17.2 Å². The summed E-state index contributed by atoms with van der Waals surface area (Å²) in [5.41, 5.74) is 1.39. The van der Waals surface area contributed by atoms with Gasteiger partial charge in [0.2, 0.25) is 5.91 Å². The zero-order valence-electron chi connectivity index (χ0n) is 12.6. The summed E-state index contributed by atoms with van der Waals surface area (Å²) < 4.78 is 5.06. The molecule has 2 aromatic rings. The molecule has 1 atom stereocenters. The van der Waals surface area contributed by atoms with E-state index in [1.807, 2.05) is 0 Å². The SMILES string of the molecule is COc1ccc(C(O)CNC(=O)Cc2ccc(Cl)cc2Cl)cc1. The highest BCUT2D eigenvalue weighted by Crippen LogP contribution is 2.21. The van der Waals surface area contributed by atoms with E-state index in [0.29, 0.717) is 26.9 Å². The normalized spacial score (nSPS) is 11.8. The van der Waals surface area contributed by atoms with Crippen molar-refractivity contribution in [3.05, 3.63) is 63.6 Å². The number of aliphatic hydroxyl groups is 1. The Morgan fingerprint density at radius 1 is 1.22 bits per heavy atom. The molecule has 0 aliphatic heterocycles. The summed E-state index contributed by atoms with van der Waals surface area (Å²) >= 11 is 11.9. The number of rotatable bonds is 6. The first-order valence-corrected chi connectivity index (χ1v) is 7.78. The maximum absolute atomic E-state index is 12.0. The van der Waals surface area contributed by atoms with Gasteiger partial charge in [-0.15, -0.1) is 0 Å². The summed E-state index contributed by atoms with van der Waals surface area (Å²) in [4.78, 5) is 12.0. The number of carbonyl (C=O) groups is 1. The lowest BCUT2D eigenvalue weighted by Gasteiger charge is -2.13. The number of hydrogen-bond acceptors (Lipinski definition) is 3. The summed E-state index contributed by atoms with van der Waals surface area (Å²) in [7, 11) is 1.58. The monoisotopic (exact) mass is 353 g/mol. The number of nitrogens with one attached hydrogen (secondary N) is 1. The van der Waals surface area contributed by atoms with Crippen molar-refractivity contribution in [1.82, 2.24) is 5.32 Å². The first kappa shape index (κ1) is 17.6. The van der Waals surface area contributed by atoms with Crippen LogP contribution in [0.4, 0.5) is 0 Å². The van der Waals surface area contributed by atoms with Crippen molar-refractivity contribution in [3.8, 4) is 5.75 Å². The van der Waals surface area contributed by atoms with E-state index < -0.39 is 6.10 Å². The average Bonchev–Trinajstić information content (AvgIpc) is 2.55. The number of ether oxygens (including phenoxy) is 1. The molecule has 2 rings (SSSR count). The van der Waals surface area contributed by atoms with Crippen LogP contribution in [0.15, 0.2) is 42.5 Å². The van der Waals surface area contributed by atoms with E-state index in [1.165, 1.54) is 0 Å². The molecule has 0 aliphatic carbocycles. The molecule has 0 fully saturated rings. The second kappa shape index (κ2) is 8.20. The Bertz CT molecular complexity index is 674. The van der Waals surface area contributed by atoms with E-state index in [0.717, 1.165) is 0 Å². The minimum atomic E-state index is -0.787. The predicted molar refractivity (Wildman–Crippen MR) is 91.1 cm³/mol. The third-order valence-electron chi connectivity index (χ3n) is 3.36. The van der Waals surface area contributed by atoms with Crippen molar-refractivity contribution in [3.63, 3.8) is 0 Å². The molecule has 0 saturated heterocycles. The number of amides is 1. The molecule has 2 N–H and O–H groups in total. The highest BCUT2D eigenvalue weighted by atomic mass is 35.5. The Kier molecular flexibility index (Phi) is 6.28. The maximum Gasteiger partial charge on any atom is 0.224 e. The molecule has 23 heavy (non-hydrogen) atoms. The van der Waals surface area contributed by atoms with E-state index in [2.05, 4.69) is 5.32 Å². The van der Waals surface area contributed by atoms with Crippen LogP contribution in [0.3, 0.4) is 0 Å². The second-order valence-corrected chi connectivity index (χ2v) is 5.85. The van der Waals surface area contributed by atoms with Crippen LogP contribution in [0.25, 0.3) is 0 Å². The van der Waals surface area contributed by atoms with Gasteiger partial charge in [0.05, 0.1) is 19.6 Å². The minimum absolute atomic E-state index is 0.121. The van der Waals surface area contributed by atoms with Gasteiger partial charge in [-0.3, -0.25) is 4.79 Å². The number of hydrogen-bond donors (Lipinski definition) is 2. The van der Waals surface area contributed by atoms with Gasteiger partial charge in [0.1, 0.15) is 5.75 Å². The topological polar surface area (TPSA) is 58.6 Å². The van der Waals surface area contributed by atoms with E-state index in [-0.39, 0.29) is 18.9 Å². The lowest BCUT2D eigenvalue weighted by Crippen LogP contribution is -2.29. The van der Waals surface area contributed by atoms with Crippen LogP contribution < -0.4 is 10.1 Å². The number of halogens is 2. The Hall–Kier alpha value is -1.75. The lowest BCUT2D eigenvalue weighted by molar-refractivity contribution is -0.120. The van der Waals surface area contributed by atoms with Crippen LogP contribution in [-0.4, -0.2) is 24.7 Å². The van der Waals surface area contributed by atoms with Gasteiger partial charge in [0.15, 0.2) is 0 Å². The average molecular weight is 354 g/mol. The number of benzene rings is 2. The van der Waals surface area contributed by atoms with E-state index in [9.17, 15) is 9.90 Å². The predicted octanol–water partition coefficient (Wildman–Crippen LogP) is 3.39. The molecule has 6 heteroatoms. The molecule has 2 aromatic carbocycles. The van der Waals surface area contributed by atoms with Gasteiger partial charge in [-0.25, -0.2) is 0 Å². The standard InChI is InChI=1S/C17H17Cl2NO3/c1-23-14-6-3-11(4-7-14)16(21)10-20-17(22)8-12-2-5-13(18)9-15(12)19/h2-7,9,16,21H,8,10H2,1H3,(H,20,22). The van der Waals surface area contributed by atoms with Crippen molar-refractivity contribution < 1.29 is 14.6 Å². The van der Waals surface area contributed by atoms with Crippen molar-refractivity contribution in [1.29, 1.82) is 0 Å². The highest BCUT2D eigenvalue weighted by Gasteiger charge is 2.11. The fourth-order valence-corrected chi connectivity index (χ4v) is 2.53. The third kappa shape index (κ3) is 5.13. The number of methoxy groups -OCH3 is 1. The second-order valence-electron chi connectivity index (χ2n) is 5.01. The molecule has 0 heterocycles. The maximum atomic E-state index is 12.0. The molecule has 1 amide bonds. The zero-order chi connectivity index (χ0) is 16.8. The molecule has 0 spiro atoms. The molecule has 122 valence electrons. The molecule has 1 unspecified atom stereocenters. The highest BCUT2D eigenvalue weighted by molar-refractivity contribution is 6.35. The van der Waals surface area contributed by atoms with Crippen LogP contribution in [0.2, 0.25) is 10.0 Å². The summed E-state index contributed by atoms with van der Waals surface area (Å²) in [6.45, 7) is 0.121. The van der Waals surface area contributed by atoms with E-state index >= 15 is 0 Å². The van der Waals surface area contributed by atoms with Gasteiger partial charge < -0.3 is 15.2 Å². The Morgan fingerprint density at radius 3 is 2.52 bits per heavy atom. The summed E-state index contributed by atoms with van der Waals surface area (Å²) in [6.07, 6.45) is -0.656. The Labute approximate surface area is 145 Å². The smallest absolute Gasteiger partial charge is 0.224 e. The van der Waals surface area contributed by atoms with Gasteiger partial charge in [-0.2, -0.15) is 0 Å². The summed E-state index contributed by atoms with van der Waals surface area (Å²) in [5, 5.41) is 13.7. The third-order valence-corrected chi connectivity index (χ3v) is 3.95. The lowest BCUT2D eigenvalue weighted by atomic mass is 10.1. The van der Waals surface area contributed by atoms with Gasteiger partial charge in [-0.05, 0) is 35.4 Å².